The fraction of sp³-hybridized carbons (Fsp3) is 0.720. The molecule has 1 aliphatic carbocycles. The number of nitrogens with zero attached hydrogens (tertiary/aromatic N) is 2. The third kappa shape index (κ3) is 5.72. The molecule has 2 heterocycles. The number of methoxy groups -OCH3 is 1. The number of carbonyl (C=O) groups is 1. The number of hydrogen-bond acceptors (Lipinski definition) is 5. The first kappa shape index (κ1) is 22.4. The summed E-state index contributed by atoms with van der Waals surface area (Å²) in [6.07, 6.45) is 11.2. The molecule has 1 unspecified atom stereocenters. The molecule has 0 aromatic heterocycles. The standard InChI is InChI=1S/C25H38N2O4/c1-26(18-22-9-5-6-16-30-22)25(28)19-10-11-23(24(17-19)29-2)31-21-12-14-27(15-13-21)20-7-3-4-8-20/h10-11,17,20-22H,3-9,12-16,18H2,1-2H3. The van der Waals surface area contributed by atoms with Crippen molar-refractivity contribution in [3.8, 4) is 11.5 Å². The van der Waals surface area contributed by atoms with Crippen LogP contribution in [0.4, 0.5) is 0 Å². The second-order valence-corrected chi connectivity index (χ2v) is 9.33. The highest BCUT2D eigenvalue weighted by molar-refractivity contribution is 5.94. The Labute approximate surface area is 186 Å². The fourth-order valence-corrected chi connectivity index (χ4v) is 5.27. The minimum atomic E-state index is -0.0103. The minimum absolute atomic E-state index is 0.0103. The lowest BCUT2D eigenvalue weighted by molar-refractivity contribution is -0.000194. The van der Waals surface area contributed by atoms with Crippen LogP contribution in [0, 0.1) is 0 Å². The fourth-order valence-electron chi connectivity index (χ4n) is 5.27. The Morgan fingerprint density at radius 1 is 1.06 bits per heavy atom. The second-order valence-electron chi connectivity index (χ2n) is 9.33. The van der Waals surface area contributed by atoms with Crippen LogP contribution >= 0.6 is 0 Å². The molecule has 1 atom stereocenters. The molecule has 1 amide bonds. The van der Waals surface area contributed by atoms with Gasteiger partial charge in [0.25, 0.3) is 5.91 Å². The van der Waals surface area contributed by atoms with Crippen LogP contribution in [0.1, 0.15) is 68.1 Å². The van der Waals surface area contributed by atoms with E-state index < -0.39 is 0 Å². The predicted octanol–water partition coefficient (Wildman–Crippen LogP) is 4.12. The number of amides is 1. The summed E-state index contributed by atoms with van der Waals surface area (Å²) >= 11 is 0. The van der Waals surface area contributed by atoms with E-state index in [1.54, 1.807) is 12.0 Å². The Morgan fingerprint density at radius 2 is 1.81 bits per heavy atom. The number of carbonyl (C=O) groups excluding carboxylic acids is 1. The third-order valence-electron chi connectivity index (χ3n) is 7.12. The Kier molecular flexibility index (Phi) is 7.72. The van der Waals surface area contributed by atoms with Crippen LogP contribution in [0.5, 0.6) is 11.5 Å². The van der Waals surface area contributed by atoms with Gasteiger partial charge in [-0.05, 0) is 63.1 Å². The van der Waals surface area contributed by atoms with Crippen molar-refractivity contribution < 1.29 is 19.0 Å². The molecule has 3 aliphatic rings. The molecule has 1 aromatic carbocycles. The van der Waals surface area contributed by atoms with E-state index in [1.807, 2.05) is 25.2 Å². The molecule has 6 nitrogen and oxygen atoms in total. The van der Waals surface area contributed by atoms with Gasteiger partial charge in [0.05, 0.1) is 13.2 Å². The van der Waals surface area contributed by atoms with Gasteiger partial charge in [0, 0.05) is 44.9 Å². The average molecular weight is 431 g/mol. The number of ether oxygens (including phenoxy) is 3. The van der Waals surface area contributed by atoms with Crippen molar-refractivity contribution >= 4 is 5.91 Å². The van der Waals surface area contributed by atoms with E-state index in [0.717, 1.165) is 57.2 Å². The zero-order valence-corrected chi connectivity index (χ0v) is 19.2. The summed E-state index contributed by atoms with van der Waals surface area (Å²) in [5, 5.41) is 0. The number of likely N-dealkylation sites (N-methyl/N-ethyl adjacent to an activating group) is 1. The van der Waals surface area contributed by atoms with Crippen molar-refractivity contribution in [2.45, 2.75) is 76.0 Å². The summed E-state index contributed by atoms with van der Waals surface area (Å²) in [4.78, 5) is 17.3. The van der Waals surface area contributed by atoms with Crippen LogP contribution in [0.2, 0.25) is 0 Å². The van der Waals surface area contributed by atoms with Crippen molar-refractivity contribution in [1.82, 2.24) is 9.80 Å². The Morgan fingerprint density at radius 3 is 2.48 bits per heavy atom. The highest BCUT2D eigenvalue weighted by atomic mass is 16.5. The van der Waals surface area contributed by atoms with E-state index in [2.05, 4.69) is 4.90 Å². The van der Waals surface area contributed by atoms with E-state index in [1.165, 1.54) is 32.1 Å². The van der Waals surface area contributed by atoms with E-state index in [-0.39, 0.29) is 18.1 Å². The topological polar surface area (TPSA) is 51.2 Å². The molecule has 2 aliphatic heterocycles. The average Bonchev–Trinajstić information content (AvgIpc) is 3.35. The van der Waals surface area contributed by atoms with E-state index in [9.17, 15) is 4.79 Å². The zero-order chi connectivity index (χ0) is 21.6. The van der Waals surface area contributed by atoms with E-state index in [4.69, 9.17) is 14.2 Å². The largest absolute Gasteiger partial charge is 0.493 e. The predicted molar refractivity (Wildman–Crippen MR) is 121 cm³/mol. The van der Waals surface area contributed by atoms with Crippen molar-refractivity contribution in [1.29, 1.82) is 0 Å². The lowest BCUT2D eigenvalue weighted by Gasteiger charge is -2.36. The highest BCUT2D eigenvalue weighted by Crippen LogP contribution is 2.32. The summed E-state index contributed by atoms with van der Waals surface area (Å²) in [7, 11) is 3.48. The van der Waals surface area contributed by atoms with Crippen LogP contribution in [0.3, 0.4) is 0 Å². The van der Waals surface area contributed by atoms with E-state index in [0.29, 0.717) is 17.9 Å². The molecular weight excluding hydrogens is 392 g/mol. The number of benzene rings is 1. The van der Waals surface area contributed by atoms with E-state index >= 15 is 0 Å². The second kappa shape index (κ2) is 10.7. The van der Waals surface area contributed by atoms with Gasteiger partial charge in [0.1, 0.15) is 6.10 Å². The van der Waals surface area contributed by atoms with Gasteiger partial charge in [0.15, 0.2) is 11.5 Å². The first-order chi connectivity index (χ1) is 15.1. The van der Waals surface area contributed by atoms with Crippen molar-refractivity contribution in [3.63, 3.8) is 0 Å². The number of likely N-dealkylation sites (tertiary alicyclic amines) is 1. The molecule has 2 saturated heterocycles. The SMILES string of the molecule is COc1cc(C(=O)N(C)CC2CCCCO2)ccc1OC1CCN(C2CCCC2)CC1. The van der Waals surface area contributed by atoms with Crippen molar-refractivity contribution in [2.75, 3.05) is 40.4 Å². The van der Waals surface area contributed by atoms with Gasteiger partial charge in [-0.15, -0.1) is 0 Å². The summed E-state index contributed by atoms with van der Waals surface area (Å²) in [5.74, 6) is 1.35. The smallest absolute Gasteiger partial charge is 0.253 e. The number of piperidine rings is 1. The van der Waals surface area contributed by atoms with Crippen LogP contribution < -0.4 is 9.47 Å². The lowest BCUT2D eigenvalue weighted by Crippen LogP contribution is -2.43. The van der Waals surface area contributed by atoms with Gasteiger partial charge in [-0.25, -0.2) is 0 Å². The number of hydrogen-bond donors (Lipinski definition) is 0. The quantitative estimate of drug-likeness (QED) is 0.651. The zero-order valence-electron chi connectivity index (χ0n) is 19.2. The normalized spacial score (nSPS) is 23.6. The van der Waals surface area contributed by atoms with Crippen molar-refractivity contribution in [2.24, 2.45) is 0 Å². The molecule has 0 bridgehead atoms. The number of rotatable bonds is 7. The molecule has 1 saturated carbocycles. The monoisotopic (exact) mass is 430 g/mol. The molecule has 1 aromatic rings. The molecule has 3 fully saturated rings. The third-order valence-corrected chi connectivity index (χ3v) is 7.12. The van der Waals surface area contributed by atoms with Gasteiger partial charge in [-0.2, -0.15) is 0 Å². The van der Waals surface area contributed by atoms with Crippen molar-refractivity contribution in [3.05, 3.63) is 23.8 Å². The molecule has 0 N–H and O–H groups in total. The maximum Gasteiger partial charge on any atom is 0.253 e. The summed E-state index contributed by atoms with van der Waals surface area (Å²) < 4.78 is 17.7. The maximum atomic E-state index is 12.9. The van der Waals surface area contributed by atoms with Gasteiger partial charge < -0.3 is 24.0 Å². The minimum Gasteiger partial charge on any atom is -0.493 e. The molecule has 4 rings (SSSR count). The molecular formula is C25H38N2O4. The molecule has 0 radical (unpaired) electrons. The highest BCUT2D eigenvalue weighted by Gasteiger charge is 2.28. The van der Waals surface area contributed by atoms with Gasteiger partial charge in [-0.3, -0.25) is 4.79 Å². The maximum absolute atomic E-state index is 12.9. The molecule has 31 heavy (non-hydrogen) atoms. The first-order valence-corrected chi connectivity index (χ1v) is 12.1. The first-order valence-electron chi connectivity index (χ1n) is 12.1. The summed E-state index contributed by atoms with van der Waals surface area (Å²) in [5.41, 5.74) is 0.624. The Bertz CT molecular complexity index is 720. The molecule has 6 heteroatoms. The van der Waals surface area contributed by atoms with Crippen LogP contribution in [0.25, 0.3) is 0 Å². The summed E-state index contributed by atoms with van der Waals surface area (Å²) in [6, 6.07) is 6.34. The molecule has 0 spiro atoms. The summed E-state index contributed by atoms with van der Waals surface area (Å²) in [6.45, 7) is 3.65. The van der Waals surface area contributed by atoms with Gasteiger partial charge in [0.2, 0.25) is 0 Å². The Hall–Kier alpha value is -1.79. The lowest BCUT2D eigenvalue weighted by atomic mass is 10.0. The van der Waals surface area contributed by atoms with Crippen LogP contribution in [-0.4, -0.2) is 74.4 Å². The van der Waals surface area contributed by atoms with Crippen LogP contribution in [0.15, 0.2) is 18.2 Å². The Balaban J connectivity index is 1.32. The molecule has 172 valence electrons. The van der Waals surface area contributed by atoms with Gasteiger partial charge in [-0.1, -0.05) is 12.8 Å². The van der Waals surface area contributed by atoms with Gasteiger partial charge >= 0.3 is 0 Å². The van der Waals surface area contributed by atoms with Crippen LogP contribution in [-0.2, 0) is 4.74 Å².